The lowest BCUT2D eigenvalue weighted by atomic mass is 10.1. The van der Waals surface area contributed by atoms with Crippen molar-refractivity contribution in [2.24, 2.45) is 0 Å². The van der Waals surface area contributed by atoms with Gasteiger partial charge in [-0.15, -0.1) is 0 Å². The number of nitrogens with zero attached hydrogens (tertiary/aromatic N) is 1. The second-order valence-electron chi connectivity index (χ2n) is 6.69. The fourth-order valence-corrected chi connectivity index (χ4v) is 2.19. The Balaban J connectivity index is 2.17. The number of rotatable bonds is 5. The lowest BCUT2D eigenvalue weighted by molar-refractivity contribution is 0.0636. The molecular formula is C19H25N3O3. The van der Waals surface area contributed by atoms with Crippen LogP contribution in [0.1, 0.15) is 31.9 Å². The molecule has 2 rings (SSSR count). The Labute approximate surface area is 148 Å². The molecule has 1 aromatic heterocycles. The maximum Gasteiger partial charge on any atom is 0.412 e. The minimum absolute atomic E-state index is 0.502. The molecule has 0 spiro atoms. The first-order valence-electron chi connectivity index (χ1n) is 8.10. The molecule has 1 heterocycles. The molecule has 2 aromatic rings. The number of hydrogen-bond acceptors (Lipinski definition) is 5. The topological polar surface area (TPSA) is 72.5 Å². The Morgan fingerprint density at radius 1 is 1.20 bits per heavy atom. The highest BCUT2D eigenvalue weighted by atomic mass is 16.6. The van der Waals surface area contributed by atoms with Crippen molar-refractivity contribution in [1.82, 2.24) is 4.98 Å². The van der Waals surface area contributed by atoms with Crippen molar-refractivity contribution in [2.45, 2.75) is 39.8 Å². The third kappa shape index (κ3) is 5.67. The van der Waals surface area contributed by atoms with E-state index in [0.29, 0.717) is 18.0 Å². The standard InChI is InChI=1S/C19H25N3O3/c1-13-8-9-20-11-14(13)12-21-17-10-15(24-5)6-7-16(17)22-18(23)25-19(2,3)4/h6-11,21H,12H2,1-5H3,(H,22,23). The van der Waals surface area contributed by atoms with Crippen LogP contribution in [0, 0.1) is 6.92 Å². The minimum atomic E-state index is -0.559. The molecule has 134 valence electrons. The molecule has 1 aromatic carbocycles. The maximum atomic E-state index is 12.1. The number of amides is 1. The van der Waals surface area contributed by atoms with Gasteiger partial charge in [0.1, 0.15) is 11.4 Å². The third-order valence-corrected chi connectivity index (χ3v) is 3.48. The van der Waals surface area contributed by atoms with Crippen LogP contribution in [0.4, 0.5) is 16.2 Å². The first-order chi connectivity index (χ1) is 11.8. The summed E-state index contributed by atoms with van der Waals surface area (Å²) in [4.78, 5) is 16.2. The van der Waals surface area contributed by atoms with E-state index in [1.54, 1.807) is 25.4 Å². The Kier molecular flexibility index (Phi) is 5.85. The molecule has 1 amide bonds. The number of hydrogen-bond donors (Lipinski definition) is 2. The summed E-state index contributed by atoms with van der Waals surface area (Å²) in [7, 11) is 1.60. The molecule has 6 heteroatoms. The van der Waals surface area contributed by atoms with Gasteiger partial charge in [0, 0.05) is 25.0 Å². The number of ether oxygens (including phenoxy) is 2. The van der Waals surface area contributed by atoms with Gasteiger partial charge in [-0.05, 0) is 57.0 Å². The third-order valence-electron chi connectivity index (χ3n) is 3.48. The van der Waals surface area contributed by atoms with Crippen molar-refractivity contribution in [3.05, 3.63) is 47.8 Å². The van der Waals surface area contributed by atoms with Crippen LogP contribution >= 0.6 is 0 Å². The SMILES string of the molecule is COc1ccc(NC(=O)OC(C)(C)C)c(NCc2cnccc2C)c1. The first-order valence-corrected chi connectivity index (χ1v) is 8.10. The van der Waals surface area contributed by atoms with Gasteiger partial charge >= 0.3 is 6.09 Å². The summed E-state index contributed by atoms with van der Waals surface area (Å²) in [6.07, 6.45) is 3.09. The molecule has 0 saturated carbocycles. The fourth-order valence-electron chi connectivity index (χ4n) is 2.19. The number of aryl methyl sites for hydroxylation is 1. The van der Waals surface area contributed by atoms with E-state index in [1.165, 1.54) is 0 Å². The average molecular weight is 343 g/mol. The average Bonchev–Trinajstić information content (AvgIpc) is 2.53. The van der Waals surface area contributed by atoms with Gasteiger partial charge in [-0.1, -0.05) is 0 Å². The monoisotopic (exact) mass is 343 g/mol. The zero-order valence-electron chi connectivity index (χ0n) is 15.3. The molecule has 0 fully saturated rings. The number of aromatic nitrogens is 1. The first kappa shape index (κ1) is 18.6. The number of anilines is 2. The van der Waals surface area contributed by atoms with Crippen molar-refractivity contribution < 1.29 is 14.3 Å². The van der Waals surface area contributed by atoms with Crippen LogP contribution in [0.25, 0.3) is 0 Å². The number of carbonyl (C=O) groups excluding carboxylic acids is 1. The number of methoxy groups -OCH3 is 1. The number of benzene rings is 1. The van der Waals surface area contributed by atoms with Gasteiger partial charge in [-0.2, -0.15) is 0 Å². The molecule has 0 aliphatic heterocycles. The second kappa shape index (κ2) is 7.88. The van der Waals surface area contributed by atoms with E-state index in [1.807, 2.05) is 46.0 Å². The van der Waals surface area contributed by atoms with E-state index in [-0.39, 0.29) is 0 Å². The highest BCUT2D eigenvalue weighted by Gasteiger charge is 2.17. The van der Waals surface area contributed by atoms with Gasteiger partial charge in [0.15, 0.2) is 0 Å². The Morgan fingerprint density at radius 3 is 2.60 bits per heavy atom. The van der Waals surface area contributed by atoms with Crippen LogP contribution in [0.15, 0.2) is 36.7 Å². The summed E-state index contributed by atoms with van der Waals surface area (Å²) in [6.45, 7) is 8.08. The van der Waals surface area contributed by atoms with Crippen LogP contribution in [0.2, 0.25) is 0 Å². The van der Waals surface area contributed by atoms with Crippen molar-refractivity contribution in [3.63, 3.8) is 0 Å². The number of carbonyl (C=O) groups is 1. The van der Waals surface area contributed by atoms with E-state index >= 15 is 0 Å². The summed E-state index contributed by atoms with van der Waals surface area (Å²) < 4.78 is 10.6. The molecule has 0 radical (unpaired) electrons. The number of pyridine rings is 1. The van der Waals surface area contributed by atoms with E-state index < -0.39 is 11.7 Å². The smallest absolute Gasteiger partial charge is 0.412 e. The molecule has 0 saturated heterocycles. The number of nitrogens with one attached hydrogen (secondary N) is 2. The lowest BCUT2D eigenvalue weighted by Gasteiger charge is -2.21. The fraction of sp³-hybridized carbons (Fsp3) is 0.368. The van der Waals surface area contributed by atoms with Gasteiger partial charge in [0.05, 0.1) is 18.5 Å². The molecule has 0 bridgehead atoms. The van der Waals surface area contributed by atoms with Crippen LogP contribution in [-0.2, 0) is 11.3 Å². The van der Waals surface area contributed by atoms with E-state index in [2.05, 4.69) is 15.6 Å². The summed E-state index contributed by atoms with van der Waals surface area (Å²) in [5, 5.41) is 6.10. The van der Waals surface area contributed by atoms with Crippen LogP contribution < -0.4 is 15.4 Å². The highest BCUT2D eigenvalue weighted by molar-refractivity contribution is 5.90. The Hall–Kier alpha value is -2.76. The summed E-state index contributed by atoms with van der Waals surface area (Å²) in [5.41, 5.74) is 3.03. The molecule has 2 N–H and O–H groups in total. The normalized spacial score (nSPS) is 10.9. The van der Waals surface area contributed by atoms with Gasteiger partial charge in [-0.25, -0.2) is 4.79 Å². The molecule has 0 aliphatic carbocycles. The summed E-state index contributed by atoms with van der Waals surface area (Å²) in [6, 6.07) is 7.36. The van der Waals surface area contributed by atoms with Gasteiger partial charge in [0.2, 0.25) is 0 Å². The van der Waals surface area contributed by atoms with Gasteiger partial charge < -0.3 is 14.8 Å². The van der Waals surface area contributed by atoms with Crippen molar-refractivity contribution >= 4 is 17.5 Å². The van der Waals surface area contributed by atoms with E-state index in [0.717, 1.165) is 16.8 Å². The van der Waals surface area contributed by atoms with Crippen molar-refractivity contribution in [3.8, 4) is 5.75 Å². The highest BCUT2D eigenvalue weighted by Crippen LogP contribution is 2.28. The summed E-state index contributed by atoms with van der Waals surface area (Å²) >= 11 is 0. The lowest BCUT2D eigenvalue weighted by Crippen LogP contribution is -2.27. The predicted octanol–water partition coefficient (Wildman–Crippen LogP) is 4.36. The molecular weight excluding hydrogens is 318 g/mol. The molecule has 6 nitrogen and oxygen atoms in total. The quantitative estimate of drug-likeness (QED) is 0.844. The predicted molar refractivity (Wildman–Crippen MR) is 99.2 cm³/mol. The van der Waals surface area contributed by atoms with Crippen molar-refractivity contribution in [1.29, 1.82) is 0 Å². The Morgan fingerprint density at radius 2 is 1.96 bits per heavy atom. The second-order valence-corrected chi connectivity index (χ2v) is 6.69. The zero-order chi connectivity index (χ0) is 18.4. The summed E-state index contributed by atoms with van der Waals surface area (Å²) in [5.74, 6) is 0.695. The van der Waals surface area contributed by atoms with Crippen LogP contribution in [0.5, 0.6) is 5.75 Å². The van der Waals surface area contributed by atoms with Crippen molar-refractivity contribution in [2.75, 3.05) is 17.7 Å². The molecule has 0 atom stereocenters. The Bertz CT molecular complexity index is 739. The largest absolute Gasteiger partial charge is 0.497 e. The molecule has 25 heavy (non-hydrogen) atoms. The van der Waals surface area contributed by atoms with Crippen LogP contribution in [0.3, 0.4) is 0 Å². The minimum Gasteiger partial charge on any atom is -0.497 e. The molecule has 0 unspecified atom stereocenters. The van der Waals surface area contributed by atoms with Gasteiger partial charge in [0.25, 0.3) is 0 Å². The van der Waals surface area contributed by atoms with E-state index in [4.69, 9.17) is 9.47 Å². The zero-order valence-corrected chi connectivity index (χ0v) is 15.3. The van der Waals surface area contributed by atoms with Gasteiger partial charge in [-0.3, -0.25) is 10.3 Å². The van der Waals surface area contributed by atoms with Crippen LogP contribution in [-0.4, -0.2) is 23.8 Å². The van der Waals surface area contributed by atoms with E-state index in [9.17, 15) is 4.79 Å². The maximum absolute atomic E-state index is 12.1. The molecule has 0 aliphatic rings.